The topological polar surface area (TPSA) is 111 Å². The molecule has 0 amide bonds. The number of methoxy groups -OCH3 is 1. The quantitative estimate of drug-likeness (QED) is 0.320. The molecule has 0 saturated carbocycles. The molecular formula is C14H18N6O2. The number of nitrogens with one attached hydrogen (secondary N) is 1. The SMILES string of the molecule is C=CCc1cc(/C=N/Nc2nnc(C)n2N)cc(OC)c1O. The molecule has 22 heavy (non-hydrogen) atoms. The van der Waals surface area contributed by atoms with Gasteiger partial charge < -0.3 is 15.7 Å². The maximum atomic E-state index is 10.0. The summed E-state index contributed by atoms with van der Waals surface area (Å²) < 4.78 is 6.44. The normalized spacial score (nSPS) is 10.8. The van der Waals surface area contributed by atoms with Gasteiger partial charge in [-0.1, -0.05) is 6.08 Å². The van der Waals surface area contributed by atoms with Crippen LogP contribution in [0.15, 0.2) is 29.9 Å². The first kappa shape index (κ1) is 15.4. The summed E-state index contributed by atoms with van der Waals surface area (Å²) in [6, 6.07) is 3.47. The van der Waals surface area contributed by atoms with Crippen LogP contribution in [-0.4, -0.2) is 33.3 Å². The number of aryl methyl sites for hydroxylation is 1. The Morgan fingerprint density at radius 1 is 1.50 bits per heavy atom. The fourth-order valence-electron chi connectivity index (χ4n) is 1.84. The van der Waals surface area contributed by atoms with Gasteiger partial charge in [-0.15, -0.1) is 16.8 Å². The van der Waals surface area contributed by atoms with Crippen molar-refractivity contribution >= 4 is 12.2 Å². The Labute approximate surface area is 127 Å². The molecule has 116 valence electrons. The third-order valence-corrected chi connectivity index (χ3v) is 3.00. The molecule has 0 aliphatic carbocycles. The van der Waals surface area contributed by atoms with E-state index >= 15 is 0 Å². The van der Waals surface area contributed by atoms with Crippen molar-refractivity contribution in [3.63, 3.8) is 0 Å². The van der Waals surface area contributed by atoms with E-state index in [-0.39, 0.29) is 5.75 Å². The van der Waals surface area contributed by atoms with Crippen LogP contribution in [0.3, 0.4) is 0 Å². The van der Waals surface area contributed by atoms with Crippen molar-refractivity contribution in [2.45, 2.75) is 13.3 Å². The average Bonchev–Trinajstić information content (AvgIpc) is 2.82. The highest BCUT2D eigenvalue weighted by atomic mass is 16.5. The molecule has 0 unspecified atom stereocenters. The molecule has 8 nitrogen and oxygen atoms in total. The van der Waals surface area contributed by atoms with Gasteiger partial charge in [-0.2, -0.15) is 5.10 Å². The summed E-state index contributed by atoms with van der Waals surface area (Å²) in [7, 11) is 1.49. The Morgan fingerprint density at radius 3 is 2.86 bits per heavy atom. The number of rotatable bonds is 6. The number of nitrogens with two attached hydrogens (primary N) is 1. The summed E-state index contributed by atoms with van der Waals surface area (Å²) in [5.74, 6) is 7.07. The van der Waals surface area contributed by atoms with Crippen molar-refractivity contribution in [1.29, 1.82) is 0 Å². The maximum absolute atomic E-state index is 10.0. The van der Waals surface area contributed by atoms with Crippen molar-refractivity contribution in [1.82, 2.24) is 14.9 Å². The lowest BCUT2D eigenvalue weighted by molar-refractivity contribution is 0.371. The van der Waals surface area contributed by atoms with Gasteiger partial charge in [0.25, 0.3) is 5.95 Å². The highest BCUT2D eigenvalue weighted by molar-refractivity contribution is 5.82. The number of anilines is 1. The summed E-state index contributed by atoms with van der Waals surface area (Å²) in [6.07, 6.45) is 3.79. The second-order valence-corrected chi connectivity index (χ2v) is 4.53. The van der Waals surface area contributed by atoms with Gasteiger partial charge in [-0.25, -0.2) is 10.1 Å². The van der Waals surface area contributed by atoms with E-state index < -0.39 is 0 Å². The van der Waals surface area contributed by atoms with E-state index in [0.717, 1.165) is 5.56 Å². The van der Waals surface area contributed by atoms with Crippen LogP contribution in [-0.2, 0) is 6.42 Å². The van der Waals surface area contributed by atoms with Crippen LogP contribution in [0, 0.1) is 6.92 Å². The first-order chi connectivity index (χ1) is 10.6. The maximum Gasteiger partial charge on any atom is 0.263 e. The van der Waals surface area contributed by atoms with Gasteiger partial charge >= 0.3 is 0 Å². The Bertz CT molecular complexity index is 708. The largest absolute Gasteiger partial charge is 0.504 e. The van der Waals surface area contributed by atoms with Crippen molar-refractivity contribution < 1.29 is 9.84 Å². The zero-order valence-corrected chi connectivity index (χ0v) is 12.4. The minimum atomic E-state index is 0.102. The summed E-state index contributed by atoms with van der Waals surface area (Å²) in [5.41, 5.74) is 4.15. The molecule has 0 saturated heterocycles. The molecule has 0 spiro atoms. The molecule has 0 aliphatic heterocycles. The number of aromatic nitrogens is 3. The molecule has 1 aromatic carbocycles. The minimum Gasteiger partial charge on any atom is -0.504 e. The van der Waals surface area contributed by atoms with Gasteiger partial charge in [0.15, 0.2) is 17.3 Å². The van der Waals surface area contributed by atoms with Crippen molar-refractivity contribution in [3.8, 4) is 11.5 Å². The second kappa shape index (κ2) is 6.61. The van der Waals surface area contributed by atoms with Crippen LogP contribution in [0.4, 0.5) is 5.95 Å². The Morgan fingerprint density at radius 2 is 2.27 bits per heavy atom. The van der Waals surface area contributed by atoms with Gasteiger partial charge in [0.1, 0.15) is 0 Å². The van der Waals surface area contributed by atoms with Gasteiger partial charge in [0.05, 0.1) is 13.3 Å². The molecule has 0 atom stereocenters. The number of hydrazone groups is 1. The number of aromatic hydroxyl groups is 1. The van der Waals surface area contributed by atoms with Crippen LogP contribution < -0.4 is 16.0 Å². The summed E-state index contributed by atoms with van der Waals surface area (Å²) >= 11 is 0. The fourth-order valence-corrected chi connectivity index (χ4v) is 1.84. The zero-order valence-electron chi connectivity index (χ0n) is 12.4. The predicted molar refractivity (Wildman–Crippen MR) is 84.7 cm³/mol. The van der Waals surface area contributed by atoms with E-state index in [0.29, 0.717) is 29.5 Å². The van der Waals surface area contributed by atoms with E-state index in [2.05, 4.69) is 27.3 Å². The molecule has 0 aliphatic rings. The number of allylic oxidation sites excluding steroid dienone is 1. The third kappa shape index (κ3) is 3.17. The number of phenols is 1. The average molecular weight is 302 g/mol. The Kier molecular flexibility index (Phi) is 4.62. The molecule has 1 heterocycles. The molecule has 2 rings (SSSR count). The number of benzene rings is 1. The molecule has 0 bridgehead atoms. The molecular weight excluding hydrogens is 284 g/mol. The molecule has 0 radical (unpaired) electrons. The molecule has 8 heteroatoms. The van der Waals surface area contributed by atoms with Crippen molar-refractivity contribution in [2.75, 3.05) is 18.4 Å². The first-order valence-corrected chi connectivity index (χ1v) is 6.53. The Hall–Kier alpha value is -3.03. The van der Waals surface area contributed by atoms with Gasteiger partial charge in [0, 0.05) is 5.56 Å². The molecule has 4 N–H and O–H groups in total. The summed E-state index contributed by atoms with van der Waals surface area (Å²) in [6.45, 7) is 5.40. The Balaban J connectivity index is 2.21. The van der Waals surface area contributed by atoms with Gasteiger partial charge in [-0.3, -0.25) is 0 Å². The van der Waals surface area contributed by atoms with E-state index in [1.165, 1.54) is 11.8 Å². The monoisotopic (exact) mass is 302 g/mol. The standard InChI is InChI=1S/C14H18N6O2/c1-4-5-11-6-10(7-12(22-3)13(11)21)8-16-18-14-19-17-9(2)20(14)15/h4,6-8,21H,1,5,15H2,2-3H3,(H,18,19)/b16-8+. The molecule has 2 aromatic rings. The van der Waals surface area contributed by atoms with Crippen LogP contribution in [0.2, 0.25) is 0 Å². The molecule has 0 fully saturated rings. The van der Waals surface area contributed by atoms with E-state index in [9.17, 15) is 5.11 Å². The fraction of sp³-hybridized carbons (Fsp3) is 0.214. The lowest BCUT2D eigenvalue weighted by Gasteiger charge is -2.09. The minimum absolute atomic E-state index is 0.102. The summed E-state index contributed by atoms with van der Waals surface area (Å²) in [4.78, 5) is 0. The number of ether oxygens (including phenoxy) is 1. The number of nitrogen functional groups attached to an aromatic ring is 1. The first-order valence-electron chi connectivity index (χ1n) is 6.53. The van der Waals surface area contributed by atoms with Crippen molar-refractivity contribution in [2.24, 2.45) is 5.10 Å². The smallest absolute Gasteiger partial charge is 0.263 e. The second-order valence-electron chi connectivity index (χ2n) is 4.53. The van der Waals surface area contributed by atoms with E-state index in [4.69, 9.17) is 10.6 Å². The number of hydrogen-bond acceptors (Lipinski definition) is 7. The van der Waals surface area contributed by atoms with Crippen LogP contribution in [0.1, 0.15) is 17.0 Å². The van der Waals surface area contributed by atoms with Crippen LogP contribution >= 0.6 is 0 Å². The van der Waals surface area contributed by atoms with E-state index in [1.807, 2.05) is 0 Å². The zero-order chi connectivity index (χ0) is 16.1. The van der Waals surface area contributed by atoms with Gasteiger partial charge in [0.2, 0.25) is 0 Å². The highest BCUT2D eigenvalue weighted by Crippen LogP contribution is 2.31. The van der Waals surface area contributed by atoms with E-state index in [1.54, 1.807) is 31.3 Å². The number of hydrogen-bond donors (Lipinski definition) is 3. The van der Waals surface area contributed by atoms with Gasteiger partial charge in [-0.05, 0) is 31.0 Å². The lowest BCUT2D eigenvalue weighted by Crippen LogP contribution is -2.13. The van der Waals surface area contributed by atoms with Crippen molar-refractivity contribution in [3.05, 3.63) is 41.7 Å². The summed E-state index contributed by atoms with van der Waals surface area (Å²) in [5, 5.41) is 21.7. The predicted octanol–water partition coefficient (Wildman–Crippen LogP) is 1.19. The number of nitrogens with zero attached hydrogens (tertiary/aromatic N) is 4. The lowest BCUT2D eigenvalue weighted by atomic mass is 10.1. The third-order valence-electron chi connectivity index (χ3n) is 3.00. The van der Waals surface area contributed by atoms with Crippen LogP contribution in [0.25, 0.3) is 0 Å². The molecule has 1 aromatic heterocycles. The highest BCUT2D eigenvalue weighted by Gasteiger charge is 2.09. The number of phenolic OH excluding ortho intramolecular Hbond substituents is 1. The van der Waals surface area contributed by atoms with Crippen LogP contribution in [0.5, 0.6) is 11.5 Å².